The molecule has 0 unspecified atom stereocenters. The Hall–Kier alpha value is -3.10. The quantitative estimate of drug-likeness (QED) is 0.614. The van der Waals surface area contributed by atoms with Crippen LogP contribution in [0.15, 0.2) is 42.5 Å². The minimum Gasteiger partial charge on any atom is -0.486 e. The fraction of sp³-hybridized carbons (Fsp3) is 0.462. The lowest BCUT2D eigenvalue weighted by atomic mass is 9.98. The molecular weight excluding hydrogens is 434 g/mol. The number of amides is 1. The first-order valence-corrected chi connectivity index (χ1v) is 11.5. The molecule has 2 N–H and O–H groups in total. The van der Waals surface area contributed by atoms with Gasteiger partial charge in [0.25, 0.3) is 5.91 Å². The fourth-order valence-corrected chi connectivity index (χ4v) is 4.23. The van der Waals surface area contributed by atoms with Gasteiger partial charge in [-0.3, -0.25) is 9.69 Å². The number of carboxylic acids is 1. The molecule has 1 aliphatic rings. The highest BCUT2D eigenvalue weighted by atomic mass is 16.5. The van der Waals surface area contributed by atoms with E-state index in [0.29, 0.717) is 30.9 Å². The summed E-state index contributed by atoms with van der Waals surface area (Å²) in [7, 11) is 5.83. The Labute approximate surface area is 201 Å². The second kappa shape index (κ2) is 10.9. The van der Waals surface area contributed by atoms with Crippen molar-refractivity contribution >= 4 is 17.6 Å². The van der Waals surface area contributed by atoms with Gasteiger partial charge in [0.1, 0.15) is 6.10 Å². The zero-order valence-electron chi connectivity index (χ0n) is 20.6. The summed E-state index contributed by atoms with van der Waals surface area (Å²) in [6.07, 6.45) is -0.204. The van der Waals surface area contributed by atoms with Crippen LogP contribution in [0.25, 0.3) is 0 Å². The topological polar surface area (TPSA) is 93.6 Å². The highest BCUT2D eigenvalue weighted by Gasteiger charge is 2.34. The zero-order chi connectivity index (χ0) is 25.0. The molecular formula is C26H35N3O5. The lowest BCUT2D eigenvalue weighted by Gasteiger charge is -2.39. The van der Waals surface area contributed by atoms with Crippen molar-refractivity contribution < 1.29 is 24.5 Å². The average molecular weight is 470 g/mol. The Bertz CT molecular complexity index is 1010. The lowest BCUT2D eigenvalue weighted by molar-refractivity contribution is 0.0343. The molecule has 0 fully saturated rings. The summed E-state index contributed by atoms with van der Waals surface area (Å²) in [5.41, 5.74) is 2.59. The third-order valence-electron chi connectivity index (χ3n) is 6.30. The van der Waals surface area contributed by atoms with Crippen LogP contribution in [-0.2, 0) is 6.54 Å². The monoisotopic (exact) mass is 469 g/mol. The van der Waals surface area contributed by atoms with Gasteiger partial charge in [0.05, 0.1) is 29.5 Å². The van der Waals surface area contributed by atoms with Crippen LogP contribution in [0.2, 0.25) is 0 Å². The highest BCUT2D eigenvalue weighted by Crippen LogP contribution is 2.36. The number of likely N-dealkylation sites (N-methyl/N-ethyl adjacent to an activating group) is 1. The van der Waals surface area contributed by atoms with E-state index in [1.165, 1.54) is 0 Å². The van der Waals surface area contributed by atoms with Gasteiger partial charge < -0.3 is 24.7 Å². The molecule has 3 rings (SSSR count). The fourth-order valence-electron chi connectivity index (χ4n) is 4.23. The summed E-state index contributed by atoms with van der Waals surface area (Å²) < 4.78 is 6.56. The number of ether oxygens (including phenoxy) is 1. The maximum Gasteiger partial charge on any atom is 0.335 e. The van der Waals surface area contributed by atoms with Crippen LogP contribution in [0.1, 0.15) is 40.1 Å². The largest absolute Gasteiger partial charge is 0.486 e. The lowest BCUT2D eigenvalue weighted by Crippen LogP contribution is -2.49. The third kappa shape index (κ3) is 5.69. The number of carbonyl (C=O) groups is 2. The first-order valence-electron chi connectivity index (χ1n) is 11.5. The van der Waals surface area contributed by atoms with Gasteiger partial charge in [-0.25, -0.2) is 4.79 Å². The van der Waals surface area contributed by atoms with Crippen molar-refractivity contribution in [1.82, 2.24) is 9.80 Å². The number of hydrogen-bond acceptors (Lipinski definition) is 6. The number of para-hydroxylation sites is 1. The van der Waals surface area contributed by atoms with Crippen molar-refractivity contribution in [2.24, 2.45) is 5.92 Å². The second-order valence-electron chi connectivity index (χ2n) is 9.37. The Kier molecular flexibility index (Phi) is 8.17. The van der Waals surface area contributed by atoms with Crippen molar-refractivity contribution in [2.45, 2.75) is 32.5 Å². The van der Waals surface area contributed by atoms with Crippen LogP contribution < -0.4 is 9.64 Å². The first-order chi connectivity index (χ1) is 16.1. The van der Waals surface area contributed by atoms with E-state index in [4.69, 9.17) is 9.84 Å². The summed E-state index contributed by atoms with van der Waals surface area (Å²) in [5, 5.41) is 18.9. The second-order valence-corrected chi connectivity index (χ2v) is 9.37. The van der Waals surface area contributed by atoms with Crippen molar-refractivity contribution in [1.29, 1.82) is 0 Å². The number of rotatable bonds is 8. The van der Waals surface area contributed by atoms with Crippen molar-refractivity contribution in [3.63, 3.8) is 0 Å². The van der Waals surface area contributed by atoms with E-state index in [9.17, 15) is 14.7 Å². The SMILES string of the molecule is C[C@@H]1CN([C@H](C)CO)C(=O)c2cccc(N(C)C)c2O[C@H]1CN(C)Cc1ccc(C(=O)O)cc1. The molecule has 2 aromatic rings. The number of carbonyl (C=O) groups excluding carboxylic acids is 1. The minimum atomic E-state index is -0.941. The minimum absolute atomic E-state index is 0.0122. The normalized spacial score (nSPS) is 19.1. The van der Waals surface area contributed by atoms with Crippen molar-refractivity contribution in [3.05, 3.63) is 59.2 Å². The molecule has 8 nitrogen and oxygen atoms in total. The van der Waals surface area contributed by atoms with Gasteiger partial charge in [0, 0.05) is 39.6 Å². The number of carboxylic acid groups (broad SMARTS) is 1. The third-order valence-corrected chi connectivity index (χ3v) is 6.30. The van der Waals surface area contributed by atoms with E-state index in [1.807, 2.05) is 57.2 Å². The van der Waals surface area contributed by atoms with Crippen molar-refractivity contribution in [2.75, 3.05) is 45.7 Å². The molecule has 0 radical (unpaired) electrons. The summed E-state index contributed by atoms with van der Waals surface area (Å²) in [5.74, 6) is -0.512. The molecule has 1 aliphatic heterocycles. The van der Waals surface area contributed by atoms with Gasteiger partial charge >= 0.3 is 5.97 Å². The van der Waals surface area contributed by atoms with Gasteiger partial charge in [0.2, 0.25) is 0 Å². The average Bonchev–Trinajstić information content (AvgIpc) is 2.80. The van der Waals surface area contributed by atoms with Gasteiger partial charge in [0.15, 0.2) is 5.75 Å². The molecule has 1 amide bonds. The van der Waals surface area contributed by atoms with Crippen LogP contribution in [0, 0.1) is 5.92 Å². The smallest absolute Gasteiger partial charge is 0.335 e. The summed E-state index contributed by atoms with van der Waals surface area (Å²) in [4.78, 5) is 30.3. The molecule has 1 heterocycles. The first kappa shape index (κ1) is 25.5. The Balaban J connectivity index is 1.89. The van der Waals surface area contributed by atoms with Gasteiger partial charge in [-0.1, -0.05) is 25.1 Å². The van der Waals surface area contributed by atoms with Crippen LogP contribution >= 0.6 is 0 Å². The molecule has 0 saturated heterocycles. The predicted octanol–water partition coefficient (Wildman–Crippen LogP) is 2.80. The van der Waals surface area contributed by atoms with Crippen molar-refractivity contribution in [3.8, 4) is 5.75 Å². The standard InChI is InChI=1S/C26H35N3O5/c1-17-13-29(18(2)16-30)25(31)21-7-6-8-22(27(3)4)24(21)34-23(17)15-28(5)14-19-9-11-20(12-10-19)26(32)33/h6-12,17-18,23,30H,13-16H2,1-5H3,(H,32,33)/t17-,18-,23+/m1/s1. The summed E-state index contributed by atoms with van der Waals surface area (Å²) >= 11 is 0. The van der Waals surface area contributed by atoms with Crippen LogP contribution in [-0.4, -0.2) is 84.9 Å². The number of anilines is 1. The van der Waals surface area contributed by atoms with E-state index in [-0.39, 0.29) is 36.1 Å². The van der Waals surface area contributed by atoms with E-state index in [2.05, 4.69) is 11.8 Å². The van der Waals surface area contributed by atoms with Crippen LogP contribution in [0.4, 0.5) is 5.69 Å². The number of benzene rings is 2. The van der Waals surface area contributed by atoms with E-state index < -0.39 is 5.97 Å². The number of fused-ring (bicyclic) bond motifs is 1. The molecule has 0 saturated carbocycles. The maximum absolute atomic E-state index is 13.4. The zero-order valence-corrected chi connectivity index (χ0v) is 20.6. The molecule has 0 spiro atoms. The van der Waals surface area contributed by atoms with E-state index in [0.717, 1.165) is 11.3 Å². The summed E-state index contributed by atoms with van der Waals surface area (Å²) in [6, 6.07) is 12.1. The molecule has 0 aromatic heterocycles. The van der Waals surface area contributed by atoms with E-state index >= 15 is 0 Å². The number of aliphatic hydroxyl groups is 1. The van der Waals surface area contributed by atoms with Crippen LogP contribution in [0.5, 0.6) is 5.75 Å². The van der Waals surface area contributed by atoms with Crippen LogP contribution in [0.3, 0.4) is 0 Å². The Morgan fingerprint density at radius 3 is 2.44 bits per heavy atom. The summed E-state index contributed by atoms with van der Waals surface area (Å²) in [6.45, 7) is 5.51. The number of nitrogens with zero attached hydrogens (tertiary/aromatic N) is 3. The van der Waals surface area contributed by atoms with E-state index in [1.54, 1.807) is 23.1 Å². The molecule has 0 bridgehead atoms. The molecule has 2 aromatic carbocycles. The highest BCUT2D eigenvalue weighted by molar-refractivity contribution is 5.99. The number of hydrogen-bond donors (Lipinski definition) is 2. The molecule has 8 heteroatoms. The molecule has 34 heavy (non-hydrogen) atoms. The maximum atomic E-state index is 13.4. The van der Waals surface area contributed by atoms with Gasteiger partial charge in [-0.05, 0) is 43.8 Å². The molecule has 184 valence electrons. The molecule has 3 atom stereocenters. The Morgan fingerprint density at radius 1 is 1.18 bits per heavy atom. The Morgan fingerprint density at radius 2 is 1.85 bits per heavy atom. The number of aromatic carboxylic acids is 1. The molecule has 0 aliphatic carbocycles. The number of aliphatic hydroxyl groups excluding tert-OH is 1. The predicted molar refractivity (Wildman–Crippen MR) is 132 cm³/mol. The van der Waals surface area contributed by atoms with Gasteiger partial charge in [-0.2, -0.15) is 0 Å². The van der Waals surface area contributed by atoms with Gasteiger partial charge in [-0.15, -0.1) is 0 Å².